The monoisotopic (exact) mass is 409 g/mol. The maximum Gasteiger partial charge on any atom is 0.422 e. The molecule has 158 valence electrons. The van der Waals surface area contributed by atoms with Gasteiger partial charge in [0.15, 0.2) is 0 Å². The number of hydrazine groups is 1. The highest BCUT2D eigenvalue weighted by Gasteiger charge is 2.15. The number of carbonyl (C=O) groups excluding carboxylic acids is 1. The fraction of sp³-hybridized carbons (Fsp3) is 0.333. The highest BCUT2D eigenvalue weighted by molar-refractivity contribution is 5.67. The molecule has 1 amide bonds. The first-order valence-corrected chi connectivity index (χ1v) is 9.60. The van der Waals surface area contributed by atoms with Crippen molar-refractivity contribution in [2.24, 2.45) is 7.05 Å². The van der Waals surface area contributed by atoms with Gasteiger partial charge in [0.25, 0.3) is 0 Å². The van der Waals surface area contributed by atoms with Gasteiger partial charge in [0.1, 0.15) is 5.60 Å². The Hall–Kier alpha value is -3.46. The first-order valence-electron chi connectivity index (χ1n) is 9.60. The van der Waals surface area contributed by atoms with Gasteiger partial charge in [-0.2, -0.15) is 5.10 Å². The summed E-state index contributed by atoms with van der Waals surface area (Å²) in [7, 11) is 1.85. The predicted molar refractivity (Wildman–Crippen MR) is 115 cm³/mol. The van der Waals surface area contributed by atoms with E-state index < -0.39 is 11.7 Å². The Morgan fingerprint density at radius 1 is 1.23 bits per heavy atom. The summed E-state index contributed by atoms with van der Waals surface area (Å²) in [5.74, 6) is 0.505. The molecule has 2 heterocycles. The lowest BCUT2D eigenvalue weighted by Crippen LogP contribution is -2.40. The standard InChI is InChI=1S/C21H27N7O2/c1-14-10-15(6-7-16(14)11-23-27-20(29)30-21(2,3)4)18-8-9-22-19(26-18)25-17-12-24-28(5)13-17/h6-10,12-13,23H,11H2,1-5H3,(H,27,29)(H,22,25,26). The lowest BCUT2D eigenvalue weighted by atomic mass is 10.0. The van der Waals surface area contributed by atoms with Gasteiger partial charge in [0.2, 0.25) is 5.95 Å². The third-order valence-electron chi connectivity index (χ3n) is 4.12. The molecule has 0 aliphatic heterocycles. The van der Waals surface area contributed by atoms with Gasteiger partial charge in [-0.3, -0.25) is 10.1 Å². The van der Waals surface area contributed by atoms with E-state index in [1.165, 1.54) is 0 Å². The largest absolute Gasteiger partial charge is 0.443 e. The van der Waals surface area contributed by atoms with Crippen molar-refractivity contribution in [3.63, 3.8) is 0 Å². The minimum atomic E-state index is -0.536. The third kappa shape index (κ3) is 6.02. The number of rotatable bonds is 6. The van der Waals surface area contributed by atoms with Crippen molar-refractivity contribution < 1.29 is 9.53 Å². The average molecular weight is 409 g/mol. The highest BCUT2D eigenvalue weighted by atomic mass is 16.6. The van der Waals surface area contributed by atoms with E-state index in [2.05, 4.69) is 37.3 Å². The minimum absolute atomic E-state index is 0.475. The SMILES string of the molecule is Cc1cc(-c2ccnc(Nc3cnn(C)c3)n2)ccc1CNNC(=O)OC(C)(C)C. The molecule has 2 aromatic heterocycles. The van der Waals surface area contributed by atoms with Crippen LogP contribution >= 0.6 is 0 Å². The van der Waals surface area contributed by atoms with Crippen LogP contribution in [0.1, 0.15) is 31.9 Å². The maximum atomic E-state index is 11.7. The molecule has 3 rings (SSSR count). The molecule has 9 heteroatoms. The Morgan fingerprint density at radius 2 is 2.03 bits per heavy atom. The summed E-state index contributed by atoms with van der Waals surface area (Å²) >= 11 is 0. The Labute approximate surface area is 175 Å². The van der Waals surface area contributed by atoms with E-state index in [4.69, 9.17) is 4.74 Å². The molecule has 0 radical (unpaired) electrons. The van der Waals surface area contributed by atoms with Crippen LogP contribution in [-0.2, 0) is 18.3 Å². The second kappa shape index (κ2) is 8.91. The van der Waals surface area contributed by atoms with Crippen LogP contribution in [0.15, 0.2) is 42.9 Å². The zero-order valence-electron chi connectivity index (χ0n) is 17.9. The fourth-order valence-corrected chi connectivity index (χ4v) is 2.76. The number of aryl methyl sites for hydroxylation is 2. The van der Waals surface area contributed by atoms with E-state index in [9.17, 15) is 4.79 Å². The van der Waals surface area contributed by atoms with Crippen LogP contribution in [0.2, 0.25) is 0 Å². The van der Waals surface area contributed by atoms with Crippen molar-refractivity contribution >= 4 is 17.7 Å². The summed E-state index contributed by atoms with van der Waals surface area (Å²) in [5.41, 5.74) is 9.65. The zero-order valence-corrected chi connectivity index (χ0v) is 17.9. The van der Waals surface area contributed by atoms with Gasteiger partial charge in [-0.15, -0.1) is 0 Å². The summed E-state index contributed by atoms with van der Waals surface area (Å²) in [6.45, 7) is 7.95. The molecule has 0 spiro atoms. The molecule has 0 atom stereocenters. The topological polar surface area (TPSA) is 106 Å². The molecule has 0 saturated heterocycles. The molecule has 0 bridgehead atoms. The quantitative estimate of drug-likeness (QED) is 0.535. The molecular weight excluding hydrogens is 382 g/mol. The van der Waals surface area contributed by atoms with Gasteiger partial charge in [0.05, 0.1) is 17.6 Å². The van der Waals surface area contributed by atoms with E-state index in [-0.39, 0.29) is 0 Å². The van der Waals surface area contributed by atoms with E-state index in [1.807, 2.05) is 59.1 Å². The van der Waals surface area contributed by atoms with Crippen LogP contribution in [0.25, 0.3) is 11.3 Å². The van der Waals surface area contributed by atoms with E-state index >= 15 is 0 Å². The number of ether oxygens (including phenoxy) is 1. The first-order chi connectivity index (χ1) is 14.2. The second-order valence-electron chi connectivity index (χ2n) is 7.91. The number of nitrogens with one attached hydrogen (secondary N) is 3. The van der Waals surface area contributed by atoms with E-state index in [0.29, 0.717) is 12.5 Å². The number of nitrogens with zero attached hydrogens (tertiary/aromatic N) is 4. The summed E-state index contributed by atoms with van der Waals surface area (Å²) < 4.78 is 6.91. The van der Waals surface area contributed by atoms with Crippen molar-refractivity contribution in [3.8, 4) is 11.3 Å². The van der Waals surface area contributed by atoms with Crippen LogP contribution in [0.5, 0.6) is 0 Å². The van der Waals surface area contributed by atoms with Gasteiger partial charge in [-0.25, -0.2) is 20.2 Å². The number of hydrogen-bond acceptors (Lipinski definition) is 7. The van der Waals surface area contributed by atoms with Crippen LogP contribution in [0.3, 0.4) is 0 Å². The number of hydrogen-bond donors (Lipinski definition) is 3. The molecule has 0 fully saturated rings. The molecule has 0 saturated carbocycles. The number of anilines is 2. The molecule has 0 aliphatic rings. The predicted octanol–water partition coefficient (Wildman–Crippen LogP) is 3.46. The molecule has 0 unspecified atom stereocenters. The summed E-state index contributed by atoms with van der Waals surface area (Å²) in [6, 6.07) is 7.92. The fourth-order valence-electron chi connectivity index (χ4n) is 2.76. The maximum absolute atomic E-state index is 11.7. The lowest BCUT2D eigenvalue weighted by molar-refractivity contribution is 0.0497. The Morgan fingerprint density at radius 3 is 2.70 bits per heavy atom. The number of amides is 1. The first kappa shape index (κ1) is 21.3. The molecule has 9 nitrogen and oxygen atoms in total. The summed E-state index contributed by atoms with van der Waals surface area (Å²) in [5, 5.41) is 7.27. The Balaban J connectivity index is 1.63. The van der Waals surface area contributed by atoms with Gasteiger partial charge >= 0.3 is 6.09 Å². The van der Waals surface area contributed by atoms with Crippen molar-refractivity contribution in [1.29, 1.82) is 0 Å². The van der Waals surface area contributed by atoms with Crippen LogP contribution in [0, 0.1) is 6.92 Å². The third-order valence-corrected chi connectivity index (χ3v) is 4.12. The zero-order chi connectivity index (χ0) is 21.7. The Kier molecular flexibility index (Phi) is 6.31. The Bertz CT molecular complexity index is 1020. The normalized spacial score (nSPS) is 11.2. The molecule has 1 aromatic carbocycles. The second-order valence-corrected chi connectivity index (χ2v) is 7.91. The number of carbonyl (C=O) groups is 1. The van der Waals surface area contributed by atoms with Gasteiger partial charge < -0.3 is 10.1 Å². The number of benzene rings is 1. The lowest BCUT2D eigenvalue weighted by Gasteiger charge is -2.20. The minimum Gasteiger partial charge on any atom is -0.443 e. The van der Waals surface area contributed by atoms with Crippen LogP contribution in [0.4, 0.5) is 16.4 Å². The van der Waals surface area contributed by atoms with Crippen molar-refractivity contribution in [3.05, 3.63) is 54.0 Å². The summed E-state index contributed by atoms with van der Waals surface area (Å²) in [6.07, 6.45) is 4.78. The summed E-state index contributed by atoms with van der Waals surface area (Å²) in [4.78, 5) is 20.6. The smallest absolute Gasteiger partial charge is 0.422 e. The molecular formula is C21H27N7O2. The molecule has 0 aliphatic carbocycles. The van der Waals surface area contributed by atoms with Gasteiger partial charge in [0, 0.05) is 31.5 Å². The van der Waals surface area contributed by atoms with Crippen LogP contribution in [-0.4, -0.2) is 31.4 Å². The van der Waals surface area contributed by atoms with Gasteiger partial charge in [-0.05, 0) is 51.0 Å². The molecule has 3 aromatic rings. The van der Waals surface area contributed by atoms with Crippen molar-refractivity contribution in [1.82, 2.24) is 30.6 Å². The van der Waals surface area contributed by atoms with Crippen LogP contribution < -0.4 is 16.2 Å². The average Bonchev–Trinajstić information content (AvgIpc) is 3.06. The van der Waals surface area contributed by atoms with Gasteiger partial charge in [-0.1, -0.05) is 12.1 Å². The van der Waals surface area contributed by atoms with Crippen molar-refractivity contribution in [2.75, 3.05) is 5.32 Å². The molecule has 3 N–H and O–H groups in total. The van der Waals surface area contributed by atoms with Crippen molar-refractivity contribution in [2.45, 2.75) is 39.8 Å². The van der Waals surface area contributed by atoms with E-state index in [0.717, 1.165) is 28.1 Å². The number of aromatic nitrogens is 4. The highest BCUT2D eigenvalue weighted by Crippen LogP contribution is 2.22. The molecule has 30 heavy (non-hydrogen) atoms. The van der Waals surface area contributed by atoms with E-state index in [1.54, 1.807) is 17.1 Å².